The van der Waals surface area contributed by atoms with E-state index in [1.54, 1.807) is 6.20 Å². The first-order chi connectivity index (χ1) is 6.29. The number of pyridine rings is 1. The molecule has 13 heavy (non-hydrogen) atoms. The van der Waals surface area contributed by atoms with Crippen molar-refractivity contribution in [3.63, 3.8) is 0 Å². The molecule has 0 radical (unpaired) electrons. The summed E-state index contributed by atoms with van der Waals surface area (Å²) in [7, 11) is 0. The van der Waals surface area contributed by atoms with Crippen LogP contribution in [0.2, 0.25) is 0 Å². The summed E-state index contributed by atoms with van der Waals surface area (Å²) >= 11 is 0. The number of carbonyl (C=O) groups excluding carboxylic acids is 1. The number of aromatic nitrogens is 1. The predicted molar refractivity (Wildman–Crippen MR) is 47.1 cm³/mol. The van der Waals surface area contributed by atoms with Gasteiger partial charge in [0.2, 0.25) is 0 Å². The van der Waals surface area contributed by atoms with Crippen molar-refractivity contribution >= 4 is 5.97 Å². The number of esters is 1. The van der Waals surface area contributed by atoms with Crippen molar-refractivity contribution in [1.29, 1.82) is 0 Å². The maximum atomic E-state index is 11.0. The van der Waals surface area contributed by atoms with Crippen LogP contribution in [0.5, 0.6) is 0 Å². The van der Waals surface area contributed by atoms with E-state index >= 15 is 0 Å². The van der Waals surface area contributed by atoms with Gasteiger partial charge in [-0.15, -0.1) is 0 Å². The third kappa shape index (κ3) is 1.54. The quantitative estimate of drug-likeness (QED) is 0.606. The second-order valence-electron chi connectivity index (χ2n) is 3.14. The van der Waals surface area contributed by atoms with Crippen molar-refractivity contribution in [1.82, 2.24) is 4.98 Å². The lowest BCUT2D eigenvalue weighted by molar-refractivity contribution is -0.145. The van der Waals surface area contributed by atoms with Crippen LogP contribution in [0.1, 0.15) is 23.7 Å². The standard InChI is InChI=1S/C10H11NO2/c1-2-9-3-7-4-10(12)13-6-8(7)5-11-9/h3,5H,2,4,6H2,1H3. The molecular weight excluding hydrogens is 166 g/mol. The van der Waals surface area contributed by atoms with Gasteiger partial charge in [0, 0.05) is 17.5 Å². The van der Waals surface area contributed by atoms with E-state index in [-0.39, 0.29) is 5.97 Å². The predicted octanol–water partition coefficient (Wildman–Crippen LogP) is 1.24. The van der Waals surface area contributed by atoms with Gasteiger partial charge < -0.3 is 4.74 Å². The summed E-state index contributed by atoms with van der Waals surface area (Å²) in [5, 5.41) is 0. The fourth-order valence-electron chi connectivity index (χ4n) is 1.43. The summed E-state index contributed by atoms with van der Waals surface area (Å²) in [6.07, 6.45) is 3.10. The number of fused-ring (bicyclic) bond motifs is 1. The molecule has 0 atom stereocenters. The molecule has 0 N–H and O–H groups in total. The fourth-order valence-corrected chi connectivity index (χ4v) is 1.43. The Hall–Kier alpha value is -1.38. The largest absolute Gasteiger partial charge is 0.460 e. The zero-order valence-electron chi connectivity index (χ0n) is 7.54. The summed E-state index contributed by atoms with van der Waals surface area (Å²) in [5.41, 5.74) is 3.15. The minimum absolute atomic E-state index is 0.138. The van der Waals surface area contributed by atoms with Crippen LogP contribution in [0.25, 0.3) is 0 Å². The molecule has 0 saturated heterocycles. The number of rotatable bonds is 1. The Morgan fingerprint density at radius 3 is 3.15 bits per heavy atom. The molecule has 0 aromatic carbocycles. The van der Waals surface area contributed by atoms with E-state index in [0.29, 0.717) is 13.0 Å². The average Bonchev–Trinajstić information content (AvgIpc) is 2.16. The van der Waals surface area contributed by atoms with Crippen LogP contribution < -0.4 is 0 Å². The summed E-state index contributed by atoms with van der Waals surface area (Å²) in [6.45, 7) is 2.43. The Balaban J connectivity index is 2.38. The molecule has 0 bridgehead atoms. The summed E-state index contributed by atoms with van der Waals surface area (Å²) in [5.74, 6) is -0.138. The molecule has 3 heteroatoms. The smallest absolute Gasteiger partial charge is 0.310 e. The van der Waals surface area contributed by atoms with Crippen LogP contribution >= 0.6 is 0 Å². The summed E-state index contributed by atoms with van der Waals surface area (Å²) in [6, 6.07) is 2.00. The summed E-state index contributed by atoms with van der Waals surface area (Å²) in [4.78, 5) is 15.2. The number of hydrogen-bond donors (Lipinski definition) is 0. The van der Waals surface area contributed by atoms with E-state index in [2.05, 4.69) is 11.9 Å². The van der Waals surface area contributed by atoms with E-state index in [0.717, 1.165) is 23.2 Å². The molecule has 1 aliphatic heterocycles. The first-order valence-electron chi connectivity index (χ1n) is 4.42. The summed E-state index contributed by atoms with van der Waals surface area (Å²) < 4.78 is 4.90. The molecule has 68 valence electrons. The Morgan fingerprint density at radius 2 is 2.38 bits per heavy atom. The average molecular weight is 177 g/mol. The molecule has 1 aliphatic rings. The number of ether oxygens (including phenoxy) is 1. The van der Waals surface area contributed by atoms with E-state index in [1.807, 2.05) is 6.07 Å². The maximum absolute atomic E-state index is 11.0. The number of hydrogen-bond acceptors (Lipinski definition) is 3. The zero-order chi connectivity index (χ0) is 9.26. The lowest BCUT2D eigenvalue weighted by Gasteiger charge is -2.15. The third-order valence-electron chi connectivity index (χ3n) is 2.23. The Bertz CT molecular complexity index is 347. The Kier molecular flexibility index (Phi) is 2.00. The Morgan fingerprint density at radius 1 is 1.54 bits per heavy atom. The molecule has 0 unspecified atom stereocenters. The minimum atomic E-state index is -0.138. The Labute approximate surface area is 76.7 Å². The fraction of sp³-hybridized carbons (Fsp3) is 0.400. The van der Waals surface area contributed by atoms with E-state index in [4.69, 9.17) is 4.74 Å². The lowest BCUT2D eigenvalue weighted by Crippen LogP contribution is -2.16. The number of cyclic esters (lactones) is 1. The first-order valence-corrected chi connectivity index (χ1v) is 4.42. The molecule has 3 nitrogen and oxygen atoms in total. The van der Waals surface area contributed by atoms with Crippen LogP contribution in [0.15, 0.2) is 12.3 Å². The molecule has 0 amide bonds. The SMILES string of the molecule is CCc1cc2c(cn1)COC(=O)C2. The van der Waals surface area contributed by atoms with Gasteiger partial charge in [-0.1, -0.05) is 6.92 Å². The van der Waals surface area contributed by atoms with E-state index in [9.17, 15) is 4.79 Å². The van der Waals surface area contributed by atoms with E-state index in [1.165, 1.54) is 0 Å². The zero-order valence-corrected chi connectivity index (χ0v) is 7.54. The number of carbonyl (C=O) groups is 1. The van der Waals surface area contributed by atoms with Gasteiger partial charge in [0.25, 0.3) is 0 Å². The van der Waals surface area contributed by atoms with Crippen molar-refractivity contribution in [2.24, 2.45) is 0 Å². The second kappa shape index (κ2) is 3.17. The van der Waals surface area contributed by atoms with Crippen LogP contribution in [0, 0.1) is 0 Å². The van der Waals surface area contributed by atoms with Crippen molar-refractivity contribution in [3.8, 4) is 0 Å². The first kappa shape index (κ1) is 8.23. The topological polar surface area (TPSA) is 39.2 Å². The molecular formula is C10H11NO2. The molecule has 0 spiro atoms. The normalized spacial score (nSPS) is 15.0. The number of nitrogens with zero attached hydrogens (tertiary/aromatic N) is 1. The van der Waals surface area contributed by atoms with Crippen molar-refractivity contribution in [2.75, 3.05) is 0 Å². The van der Waals surface area contributed by atoms with Gasteiger partial charge in [0.15, 0.2) is 0 Å². The molecule has 2 rings (SSSR count). The van der Waals surface area contributed by atoms with Crippen molar-refractivity contribution in [3.05, 3.63) is 29.1 Å². The molecule has 1 aromatic heterocycles. The van der Waals surface area contributed by atoms with Crippen LogP contribution in [0.4, 0.5) is 0 Å². The van der Waals surface area contributed by atoms with Crippen molar-refractivity contribution in [2.45, 2.75) is 26.4 Å². The van der Waals surface area contributed by atoms with Gasteiger partial charge in [0.1, 0.15) is 6.61 Å². The highest BCUT2D eigenvalue weighted by Gasteiger charge is 2.16. The van der Waals surface area contributed by atoms with Gasteiger partial charge in [-0.05, 0) is 18.1 Å². The molecule has 2 heterocycles. The maximum Gasteiger partial charge on any atom is 0.310 e. The third-order valence-corrected chi connectivity index (χ3v) is 2.23. The highest BCUT2D eigenvalue weighted by Crippen LogP contribution is 2.17. The van der Waals surface area contributed by atoms with Gasteiger partial charge in [-0.25, -0.2) is 0 Å². The molecule has 0 fully saturated rings. The monoisotopic (exact) mass is 177 g/mol. The second-order valence-corrected chi connectivity index (χ2v) is 3.14. The van der Waals surface area contributed by atoms with Gasteiger partial charge in [0.05, 0.1) is 6.42 Å². The lowest BCUT2D eigenvalue weighted by atomic mass is 10.0. The van der Waals surface area contributed by atoms with Crippen LogP contribution in [0.3, 0.4) is 0 Å². The minimum Gasteiger partial charge on any atom is -0.460 e. The van der Waals surface area contributed by atoms with Crippen LogP contribution in [-0.4, -0.2) is 11.0 Å². The number of aryl methyl sites for hydroxylation is 1. The molecule has 0 saturated carbocycles. The van der Waals surface area contributed by atoms with Gasteiger partial charge in [-0.2, -0.15) is 0 Å². The van der Waals surface area contributed by atoms with Gasteiger partial charge in [-0.3, -0.25) is 9.78 Å². The van der Waals surface area contributed by atoms with Gasteiger partial charge >= 0.3 is 5.97 Å². The van der Waals surface area contributed by atoms with E-state index < -0.39 is 0 Å². The van der Waals surface area contributed by atoms with Crippen molar-refractivity contribution < 1.29 is 9.53 Å². The molecule has 1 aromatic rings. The highest BCUT2D eigenvalue weighted by atomic mass is 16.5. The van der Waals surface area contributed by atoms with Crippen LogP contribution in [-0.2, 0) is 29.0 Å². The molecule has 0 aliphatic carbocycles. The highest BCUT2D eigenvalue weighted by molar-refractivity contribution is 5.74.